The predicted molar refractivity (Wildman–Crippen MR) is 64.1 cm³/mol. The summed E-state index contributed by atoms with van der Waals surface area (Å²) in [5.74, 6) is 0.0819. The summed E-state index contributed by atoms with van der Waals surface area (Å²) in [4.78, 5) is 12.3. The SMILES string of the molecule is CCC(C)(CO)NC(=O)C1(CC)CCNC1. The fourth-order valence-corrected chi connectivity index (χ4v) is 2.05. The molecule has 1 rings (SSSR count). The van der Waals surface area contributed by atoms with E-state index in [9.17, 15) is 9.90 Å². The van der Waals surface area contributed by atoms with Crippen molar-refractivity contribution in [3.8, 4) is 0 Å². The maximum Gasteiger partial charge on any atom is 0.228 e. The maximum atomic E-state index is 12.3. The standard InChI is InChI=1S/C12H24N2O2/c1-4-11(3,9-15)14-10(16)12(5-2)6-7-13-8-12/h13,15H,4-9H2,1-3H3,(H,14,16). The molecule has 1 heterocycles. The third-order valence-electron chi connectivity index (χ3n) is 3.95. The summed E-state index contributed by atoms with van der Waals surface area (Å²) in [5, 5.41) is 15.5. The lowest BCUT2D eigenvalue weighted by Crippen LogP contribution is -2.54. The van der Waals surface area contributed by atoms with Crippen molar-refractivity contribution in [1.29, 1.82) is 0 Å². The highest BCUT2D eigenvalue weighted by Gasteiger charge is 2.41. The van der Waals surface area contributed by atoms with Gasteiger partial charge < -0.3 is 15.7 Å². The van der Waals surface area contributed by atoms with Gasteiger partial charge in [0.15, 0.2) is 0 Å². The Kier molecular flexibility index (Phi) is 4.33. The van der Waals surface area contributed by atoms with Gasteiger partial charge in [0.2, 0.25) is 5.91 Å². The summed E-state index contributed by atoms with van der Waals surface area (Å²) in [6.45, 7) is 7.56. The van der Waals surface area contributed by atoms with Crippen LogP contribution in [0.15, 0.2) is 0 Å². The summed E-state index contributed by atoms with van der Waals surface area (Å²) >= 11 is 0. The topological polar surface area (TPSA) is 61.4 Å². The molecule has 2 atom stereocenters. The van der Waals surface area contributed by atoms with Crippen molar-refractivity contribution in [3.05, 3.63) is 0 Å². The van der Waals surface area contributed by atoms with Crippen molar-refractivity contribution in [2.24, 2.45) is 5.41 Å². The molecule has 0 aromatic heterocycles. The van der Waals surface area contributed by atoms with Gasteiger partial charge in [0.05, 0.1) is 17.6 Å². The normalized spacial score (nSPS) is 28.8. The number of amides is 1. The molecular formula is C12H24N2O2. The van der Waals surface area contributed by atoms with Crippen LogP contribution in [0.2, 0.25) is 0 Å². The monoisotopic (exact) mass is 228 g/mol. The Morgan fingerprint density at radius 2 is 2.25 bits per heavy atom. The molecule has 0 aromatic carbocycles. The van der Waals surface area contributed by atoms with Crippen LogP contribution in [0.4, 0.5) is 0 Å². The molecule has 0 saturated carbocycles. The number of aliphatic hydroxyl groups is 1. The molecule has 1 saturated heterocycles. The lowest BCUT2D eigenvalue weighted by molar-refractivity contribution is -0.132. The van der Waals surface area contributed by atoms with Gasteiger partial charge in [-0.2, -0.15) is 0 Å². The summed E-state index contributed by atoms with van der Waals surface area (Å²) < 4.78 is 0. The van der Waals surface area contributed by atoms with Crippen LogP contribution < -0.4 is 10.6 Å². The van der Waals surface area contributed by atoms with E-state index in [1.807, 2.05) is 13.8 Å². The van der Waals surface area contributed by atoms with E-state index in [1.165, 1.54) is 0 Å². The largest absolute Gasteiger partial charge is 0.394 e. The van der Waals surface area contributed by atoms with E-state index in [0.717, 1.165) is 32.4 Å². The van der Waals surface area contributed by atoms with E-state index >= 15 is 0 Å². The minimum absolute atomic E-state index is 0.0114. The second-order valence-corrected chi connectivity index (χ2v) is 5.09. The Balaban J connectivity index is 2.70. The van der Waals surface area contributed by atoms with Crippen LogP contribution in [0.1, 0.15) is 40.0 Å². The summed E-state index contributed by atoms with van der Waals surface area (Å²) in [7, 11) is 0. The van der Waals surface area contributed by atoms with Gasteiger partial charge in [-0.25, -0.2) is 0 Å². The zero-order chi connectivity index (χ0) is 12.2. The quantitative estimate of drug-likeness (QED) is 0.647. The third-order valence-corrected chi connectivity index (χ3v) is 3.95. The van der Waals surface area contributed by atoms with Gasteiger partial charge in [-0.3, -0.25) is 4.79 Å². The predicted octanol–water partition coefficient (Wildman–Crippen LogP) is 0.653. The van der Waals surface area contributed by atoms with Crippen molar-refractivity contribution in [3.63, 3.8) is 0 Å². The number of carbonyl (C=O) groups excluding carboxylic acids is 1. The van der Waals surface area contributed by atoms with E-state index in [-0.39, 0.29) is 17.9 Å². The Labute approximate surface area is 97.8 Å². The first-order chi connectivity index (χ1) is 7.52. The van der Waals surface area contributed by atoms with Crippen molar-refractivity contribution in [2.45, 2.75) is 45.6 Å². The van der Waals surface area contributed by atoms with Gasteiger partial charge in [-0.1, -0.05) is 13.8 Å². The van der Waals surface area contributed by atoms with E-state index < -0.39 is 5.54 Å². The minimum Gasteiger partial charge on any atom is -0.394 e. The van der Waals surface area contributed by atoms with E-state index in [0.29, 0.717) is 0 Å². The fraction of sp³-hybridized carbons (Fsp3) is 0.917. The van der Waals surface area contributed by atoms with Gasteiger partial charge in [0.25, 0.3) is 0 Å². The van der Waals surface area contributed by atoms with Crippen LogP contribution in [-0.2, 0) is 4.79 Å². The first-order valence-corrected chi connectivity index (χ1v) is 6.16. The summed E-state index contributed by atoms with van der Waals surface area (Å²) in [5.41, 5.74) is -0.757. The number of hydrogen-bond acceptors (Lipinski definition) is 3. The van der Waals surface area contributed by atoms with Crippen molar-refractivity contribution < 1.29 is 9.90 Å². The highest BCUT2D eigenvalue weighted by atomic mass is 16.3. The second-order valence-electron chi connectivity index (χ2n) is 5.09. The smallest absolute Gasteiger partial charge is 0.228 e. The van der Waals surface area contributed by atoms with Crippen LogP contribution in [-0.4, -0.2) is 36.2 Å². The maximum absolute atomic E-state index is 12.3. The Morgan fingerprint density at radius 1 is 1.56 bits per heavy atom. The molecule has 0 aliphatic carbocycles. The zero-order valence-electron chi connectivity index (χ0n) is 10.6. The summed E-state index contributed by atoms with van der Waals surface area (Å²) in [6, 6.07) is 0. The molecule has 0 radical (unpaired) electrons. The number of hydrogen-bond donors (Lipinski definition) is 3. The summed E-state index contributed by atoms with van der Waals surface area (Å²) in [6.07, 6.45) is 2.47. The number of carbonyl (C=O) groups is 1. The molecular weight excluding hydrogens is 204 g/mol. The number of nitrogens with one attached hydrogen (secondary N) is 2. The third kappa shape index (κ3) is 2.55. The molecule has 0 aromatic rings. The molecule has 1 aliphatic heterocycles. The fourth-order valence-electron chi connectivity index (χ4n) is 2.05. The first-order valence-electron chi connectivity index (χ1n) is 6.16. The van der Waals surface area contributed by atoms with Crippen molar-refractivity contribution in [1.82, 2.24) is 10.6 Å². The Bertz CT molecular complexity index is 243. The van der Waals surface area contributed by atoms with Crippen LogP contribution >= 0.6 is 0 Å². The van der Waals surface area contributed by atoms with E-state index in [2.05, 4.69) is 17.6 Å². The zero-order valence-corrected chi connectivity index (χ0v) is 10.6. The molecule has 4 nitrogen and oxygen atoms in total. The van der Waals surface area contributed by atoms with Crippen LogP contribution in [0.25, 0.3) is 0 Å². The lowest BCUT2D eigenvalue weighted by atomic mass is 9.82. The molecule has 0 bridgehead atoms. The average Bonchev–Trinajstić information content (AvgIpc) is 2.78. The van der Waals surface area contributed by atoms with Crippen LogP contribution in [0.5, 0.6) is 0 Å². The lowest BCUT2D eigenvalue weighted by Gasteiger charge is -2.33. The van der Waals surface area contributed by atoms with Crippen molar-refractivity contribution >= 4 is 5.91 Å². The average molecular weight is 228 g/mol. The van der Waals surface area contributed by atoms with Crippen molar-refractivity contribution in [2.75, 3.05) is 19.7 Å². The number of aliphatic hydroxyl groups excluding tert-OH is 1. The molecule has 1 fully saturated rings. The molecule has 4 heteroatoms. The Hall–Kier alpha value is -0.610. The molecule has 3 N–H and O–H groups in total. The second kappa shape index (κ2) is 5.15. The highest BCUT2D eigenvalue weighted by molar-refractivity contribution is 5.84. The van der Waals surface area contributed by atoms with Gasteiger partial charge in [0.1, 0.15) is 0 Å². The minimum atomic E-state index is -0.484. The number of rotatable bonds is 5. The molecule has 1 aliphatic rings. The molecule has 0 spiro atoms. The van der Waals surface area contributed by atoms with Gasteiger partial charge in [-0.05, 0) is 32.7 Å². The Morgan fingerprint density at radius 3 is 2.62 bits per heavy atom. The van der Waals surface area contributed by atoms with Crippen LogP contribution in [0.3, 0.4) is 0 Å². The molecule has 94 valence electrons. The molecule has 1 amide bonds. The van der Waals surface area contributed by atoms with Gasteiger partial charge in [0, 0.05) is 6.54 Å². The molecule has 2 unspecified atom stereocenters. The molecule has 16 heavy (non-hydrogen) atoms. The van der Waals surface area contributed by atoms with E-state index in [4.69, 9.17) is 0 Å². The van der Waals surface area contributed by atoms with Gasteiger partial charge >= 0.3 is 0 Å². The first kappa shape index (κ1) is 13.5. The van der Waals surface area contributed by atoms with Gasteiger partial charge in [-0.15, -0.1) is 0 Å². The highest BCUT2D eigenvalue weighted by Crippen LogP contribution is 2.30. The van der Waals surface area contributed by atoms with E-state index in [1.54, 1.807) is 0 Å². The van der Waals surface area contributed by atoms with Crippen LogP contribution in [0, 0.1) is 5.41 Å².